The average molecular weight is 318 g/mol. The molecule has 23 heavy (non-hydrogen) atoms. The number of nitrogens with zero attached hydrogens (tertiary/aromatic N) is 2. The van der Waals surface area contributed by atoms with Crippen LogP contribution in [0.25, 0.3) is 0 Å². The van der Waals surface area contributed by atoms with Gasteiger partial charge in [-0.05, 0) is 31.5 Å². The first-order valence-corrected chi connectivity index (χ1v) is 8.07. The second-order valence-corrected chi connectivity index (χ2v) is 6.34. The minimum absolute atomic E-state index is 0.0930. The molecule has 0 radical (unpaired) electrons. The quantitative estimate of drug-likeness (QED) is 0.797. The molecule has 1 aromatic rings. The van der Waals surface area contributed by atoms with Crippen molar-refractivity contribution in [2.24, 2.45) is 5.73 Å². The van der Waals surface area contributed by atoms with E-state index in [1.807, 2.05) is 26.0 Å². The van der Waals surface area contributed by atoms with Gasteiger partial charge in [0.2, 0.25) is 11.8 Å². The standard InChI is InChI=1S/C17H26N4O2/c1-13(2)19-16(22)12-21-9-7-20(8-10-21)11-14-3-5-15(6-4-14)17(18)23/h3-6,13H,7-12H2,1-2H3,(H2,18,23)(H,19,22). The first kappa shape index (κ1) is 17.4. The van der Waals surface area contributed by atoms with Gasteiger partial charge in [0, 0.05) is 44.3 Å². The summed E-state index contributed by atoms with van der Waals surface area (Å²) in [6.07, 6.45) is 0. The summed E-state index contributed by atoms with van der Waals surface area (Å²) in [6, 6.07) is 7.62. The molecule has 6 heteroatoms. The van der Waals surface area contributed by atoms with Gasteiger partial charge >= 0.3 is 0 Å². The third-order valence-electron chi connectivity index (χ3n) is 3.93. The van der Waals surface area contributed by atoms with E-state index >= 15 is 0 Å². The molecule has 1 aliphatic heterocycles. The Morgan fingerprint density at radius 2 is 1.65 bits per heavy atom. The molecule has 0 atom stereocenters. The van der Waals surface area contributed by atoms with Crippen molar-refractivity contribution in [1.29, 1.82) is 0 Å². The van der Waals surface area contributed by atoms with E-state index in [2.05, 4.69) is 15.1 Å². The highest BCUT2D eigenvalue weighted by molar-refractivity contribution is 5.92. The predicted molar refractivity (Wildman–Crippen MR) is 90.0 cm³/mol. The second kappa shape index (κ2) is 8.08. The van der Waals surface area contributed by atoms with Crippen molar-refractivity contribution >= 4 is 11.8 Å². The first-order chi connectivity index (χ1) is 10.9. The minimum Gasteiger partial charge on any atom is -0.366 e. The lowest BCUT2D eigenvalue weighted by atomic mass is 10.1. The van der Waals surface area contributed by atoms with Crippen LogP contribution in [0.15, 0.2) is 24.3 Å². The van der Waals surface area contributed by atoms with Gasteiger partial charge in [0.05, 0.1) is 6.54 Å². The van der Waals surface area contributed by atoms with Crippen molar-refractivity contribution < 1.29 is 9.59 Å². The Hall–Kier alpha value is -1.92. The highest BCUT2D eigenvalue weighted by Crippen LogP contribution is 2.10. The molecule has 1 aromatic carbocycles. The van der Waals surface area contributed by atoms with Crippen molar-refractivity contribution in [2.75, 3.05) is 32.7 Å². The van der Waals surface area contributed by atoms with Crippen LogP contribution in [0.2, 0.25) is 0 Å². The van der Waals surface area contributed by atoms with Gasteiger partial charge in [-0.25, -0.2) is 0 Å². The lowest BCUT2D eigenvalue weighted by Crippen LogP contribution is -2.49. The van der Waals surface area contributed by atoms with E-state index in [0.717, 1.165) is 32.7 Å². The topological polar surface area (TPSA) is 78.7 Å². The van der Waals surface area contributed by atoms with E-state index in [9.17, 15) is 9.59 Å². The molecule has 0 spiro atoms. The Morgan fingerprint density at radius 1 is 1.09 bits per heavy atom. The van der Waals surface area contributed by atoms with Crippen molar-refractivity contribution in [3.63, 3.8) is 0 Å². The van der Waals surface area contributed by atoms with Crippen molar-refractivity contribution in [1.82, 2.24) is 15.1 Å². The number of nitrogens with one attached hydrogen (secondary N) is 1. The van der Waals surface area contributed by atoms with Crippen LogP contribution in [-0.2, 0) is 11.3 Å². The van der Waals surface area contributed by atoms with E-state index < -0.39 is 5.91 Å². The van der Waals surface area contributed by atoms with Crippen LogP contribution in [0.1, 0.15) is 29.8 Å². The summed E-state index contributed by atoms with van der Waals surface area (Å²) in [5, 5.41) is 2.92. The number of nitrogens with two attached hydrogens (primary N) is 1. The van der Waals surface area contributed by atoms with Gasteiger partial charge < -0.3 is 11.1 Å². The van der Waals surface area contributed by atoms with Crippen molar-refractivity contribution in [2.45, 2.75) is 26.4 Å². The fourth-order valence-electron chi connectivity index (χ4n) is 2.71. The normalized spacial score (nSPS) is 16.5. The van der Waals surface area contributed by atoms with Crippen molar-refractivity contribution in [3.8, 4) is 0 Å². The van der Waals surface area contributed by atoms with Gasteiger partial charge in [0.1, 0.15) is 0 Å². The highest BCUT2D eigenvalue weighted by atomic mass is 16.2. The molecule has 0 aliphatic carbocycles. The Labute approximate surface area is 137 Å². The summed E-state index contributed by atoms with van der Waals surface area (Å²) in [4.78, 5) is 27.4. The summed E-state index contributed by atoms with van der Waals surface area (Å²) in [5.41, 5.74) is 6.95. The van der Waals surface area contributed by atoms with Gasteiger partial charge in [0.25, 0.3) is 0 Å². The Morgan fingerprint density at radius 3 is 2.17 bits per heavy atom. The average Bonchev–Trinajstić information content (AvgIpc) is 2.49. The van der Waals surface area contributed by atoms with E-state index in [0.29, 0.717) is 12.1 Å². The predicted octanol–water partition coefficient (Wildman–Crippen LogP) is 0.428. The Bertz CT molecular complexity index is 534. The number of hydrogen-bond acceptors (Lipinski definition) is 4. The van der Waals surface area contributed by atoms with Crippen LogP contribution in [0.3, 0.4) is 0 Å². The van der Waals surface area contributed by atoms with Crippen LogP contribution in [0.4, 0.5) is 0 Å². The van der Waals surface area contributed by atoms with Gasteiger partial charge in [-0.15, -0.1) is 0 Å². The molecular formula is C17H26N4O2. The maximum atomic E-state index is 11.8. The molecule has 0 aromatic heterocycles. The summed E-state index contributed by atoms with van der Waals surface area (Å²) >= 11 is 0. The molecule has 0 bridgehead atoms. The number of piperazine rings is 1. The highest BCUT2D eigenvalue weighted by Gasteiger charge is 2.19. The third kappa shape index (κ3) is 5.65. The number of carbonyl (C=O) groups excluding carboxylic acids is 2. The molecule has 0 unspecified atom stereocenters. The first-order valence-electron chi connectivity index (χ1n) is 8.07. The zero-order valence-corrected chi connectivity index (χ0v) is 13.9. The zero-order valence-electron chi connectivity index (χ0n) is 13.9. The second-order valence-electron chi connectivity index (χ2n) is 6.34. The zero-order chi connectivity index (χ0) is 16.8. The molecule has 3 N–H and O–H groups in total. The Balaban J connectivity index is 1.76. The maximum absolute atomic E-state index is 11.8. The van der Waals surface area contributed by atoms with Gasteiger partial charge in [0.15, 0.2) is 0 Å². The monoisotopic (exact) mass is 318 g/mol. The molecule has 6 nitrogen and oxygen atoms in total. The van der Waals surface area contributed by atoms with E-state index in [4.69, 9.17) is 5.73 Å². The molecule has 126 valence electrons. The van der Waals surface area contributed by atoms with E-state index in [1.165, 1.54) is 5.56 Å². The van der Waals surface area contributed by atoms with Crippen LogP contribution < -0.4 is 11.1 Å². The molecule has 0 saturated carbocycles. The van der Waals surface area contributed by atoms with E-state index in [-0.39, 0.29) is 11.9 Å². The SMILES string of the molecule is CC(C)NC(=O)CN1CCN(Cc2ccc(C(N)=O)cc2)CC1. The number of hydrogen-bond donors (Lipinski definition) is 2. The maximum Gasteiger partial charge on any atom is 0.248 e. The minimum atomic E-state index is -0.398. The molecule has 1 heterocycles. The van der Waals surface area contributed by atoms with Gasteiger partial charge in [-0.2, -0.15) is 0 Å². The molecule has 1 aliphatic rings. The molecule has 1 fully saturated rings. The summed E-state index contributed by atoms with van der Waals surface area (Å²) in [6.45, 7) is 8.93. The largest absolute Gasteiger partial charge is 0.366 e. The molecule has 2 rings (SSSR count). The Kier molecular flexibility index (Phi) is 6.12. The summed E-state index contributed by atoms with van der Waals surface area (Å²) in [7, 11) is 0. The van der Waals surface area contributed by atoms with Crippen LogP contribution >= 0.6 is 0 Å². The lowest BCUT2D eigenvalue weighted by Gasteiger charge is -2.34. The van der Waals surface area contributed by atoms with Crippen LogP contribution in [0, 0.1) is 0 Å². The van der Waals surface area contributed by atoms with Crippen molar-refractivity contribution in [3.05, 3.63) is 35.4 Å². The van der Waals surface area contributed by atoms with Gasteiger partial charge in [-0.1, -0.05) is 12.1 Å². The van der Waals surface area contributed by atoms with E-state index in [1.54, 1.807) is 12.1 Å². The van der Waals surface area contributed by atoms with Crippen LogP contribution in [0.5, 0.6) is 0 Å². The number of amides is 2. The van der Waals surface area contributed by atoms with Crippen LogP contribution in [-0.4, -0.2) is 60.4 Å². The summed E-state index contributed by atoms with van der Waals surface area (Å²) < 4.78 is 0. The lowest BCUT2D eigenvalue weighted by molar-refractivity contribution is -0.123. The molecule has 2 amide bonds. The molecule has 1 saturated heterocycles. The number of primary amides is 1. The number of rotatable bonds is 6. The van der Waals surface area contributed by atoms with Gasteiger partial charge in [-0.3, -0.25) is 19.4 Å². The number of benzene rings is 1. The smallest absolute Gasteiger partial charge is 0.248 e. The third-order valence-corrected chi connectivity index (χ3v) is 3.93. The number of carbonyl (C=O) groups is 2. The molecular weight excluding hydrogens is 292 g/mol. The fourth-order valence-corrected chi connectivity index (χ4v) is 2.71. The summed E-state index contributed by atoms with van der Waals surface area (Å²) in [5.74, 6) is -0.305. The fraction of sp³-hybridized carbons (Fsp3) is 0.529.